The molecule has 0 aliphatic rings. The Morgan fingerprint density at radius 2 is 2.09 bits per heavy atom. The molecule has 7 heteroatoms. The van der Waals surface area contributed by atoms with Crippen molar-refractivity contribution < 1.29 is 14.6 Å². The van der Waals surface area contributed by atoms with E-state index in [2.05, 4.69) is 4.98 Å². The van der Waals surface area contributed by atoms with E-state index in [9.17, 15) is 9.90 Å². The highest BCUT2D eigenvalue weighted by Crippen LogP contribution is 2.24. The number of carbonyl (C=O) groups is 1. The minimum Gasteiger partial charge on any atom is -0.484 e. The summed E-state index contributed by atoms with van der Waals surface area (Å²) in [6.07, 6.45) is 1.61. The number of nitrogen functional groups attached to an aromatic ring is 1. The molecule has 22 heavy (non-hydrogen) atoms. The molecule has 0 amide bonds. The zero-order valence-electron chi connectivity index (χ0n) is 11.4. The number of nitrogens with two attached hydrogens (primary N) is 1. The van der Waals surface area contributed by atoms with Gasteiger partial charge in [-0.2, -0.15) is 0 Å². The number of para-hydroxylation sites is 1. The van der Waals surface area contributed by atoms with Crippen LogP contribution in [0, 0.1) is 0 Å². The average Bonchev–Trinajstić information content (AvgIpc) is 2.84. The molecular formula is C15H12ClN3O3. The maximum absolute atomic E-state index is 11.3. The van der Waals surface area contributed by atoms with Gasteiger partial charge in [0.1, 0.15) is 12.4 Å². The summed E-state index contributed by atoms with van der Waals surface area (Å²) in [6.45, 7) is 0.0711. The first-order valence-electron chi connectivity index (χ1n) is 6.43. The SMILES string of the molecule is Nc1ccc2c(C(=O)O)nc(COc3ccccc3Cl)n2c1. The third-order valence-corrected chi connectivity index (χ3v) is 3.44. The van der Waals surface area contributed by atoms with Gasteiger partial charge in [0.05, 0.1) is 10.5 Å². The van der Waals surface area contributed by atoms with E-state index >= 15 is 0 Å². The number of fused-ring (bicyclic) bond motifs is 1. The lowest BCUT2D eigenvalue weighted by Gasteiger charge is -2.07. The number of rotatable bonds is 4. The highest BCUT2D eigenvalue weighted by Gasteiger charge is 2.17. The van der Waals surface area contributed by atoms with Crippen LogP contribution >= 0.6 is 11.6 Å². The molecule has 0 saturated carbocycles. The number of carboxylic acid groups (broad SMARTS) is 1. The van der Waals surface area contributed by atoms with E-state index in [0.717, 1.165) is 0 Å². The van der Waals surface area contributed by atoms with Crippen LogP contribution in [0.25, 0.3) is 5.52 Å². The van der Waals surface area contributed by atoms with Crippen LogP contribution in [-0.2, 0) is 6.61 Å². The Kier molecular flexibility index (Phi) is 3.60. The van der Waals surface area contributed by atoms with E-state index in [1.54, 1.807) is 47.0 Å². The van der Waals surface area contributed by atoms with Gasteiger partial charge in [-0.3, -0.25) is 4.40 Å². The van der Waals surface area contributed by atoms with Crippen LogP contribution in [-0.4, -0.2) is 20.5 Å². The molecule has 3 rings (SSSR count). The van der Waals surface area contributed by atoms with Gasteiger partial charge in [-0.05, 0) is 24.3 Å². The maximum Gasteiger partial charge on any atom is 0.356 e. The van der Waals surface area contributed by atoms with Crippen molar-refractivity contribution in [3.8, 4) is 5.75 Å². The number of aromatic carboxylic acids is 1. The number of aromatic nitrogens is 2. The van der Waals surface area contributed by atoms with Gasteiger partial charge in [0.2, 0.25) is 0 Å². The number of anilines is 1. The Hall–Kier alpha value is -2.73. The molecule has 3 N–H and O–H groups in total. The number of ether oxygens (including phenoxy) is 1. The molecule has 0 spiro atoms. The molecule has 0 atom stereocenters. The topological polar surface area (TPSA) is 89.9 Å². The summed E-state index contributed by atoms with van der Waals surface area (Å²) in [5.41, 5.74) is 6.67. The molecule has 2 heterocycles. The van der Waals surface area contributed by atoms with E-state index in [-0.39, 0.29) is 12.3 Å². The third kappa shape index (κ3) is 2.56. The van der Waals surface area contributed by atoms with Gasteiger partial charge >= 0.3 is 5.97 Å². The lowest BCUT2D eigenvalue weighted by molar-refractivity contribution is 0.0693. The smallest absolute Gasteiger partial charge is 0.356 e. The van der Waals surface area contributed by atoms with Gasteiger partial charge < -0.3 is 15.6 Å². The molecule has 0 radical (unpaired) electrons. The average molecular weight is 318 g/mol. The van der Waals surface area contributed by atoms with E-state index in [1.807, 2.05) is 0 Å². The highest BCUT2D eigenvalue weighted by molar-refractivity contribution is 6.32. The van der Waals surface area contributed by atoms with Crippen molar-refractivity contribution in [3.63, 3.8) is 0 Å². The predicted molar refractivity (Wildman–Crippen MR) is 82.3 cm³/mol. The molecule has 0 fully saturated rings. The third-order valence-electron chi connectivity index (χ3n) is 3.13. The second kappa shape index (κ2) is 5.57. The Balaban J connectivity index is 1.98. The van der Waals surface area contributed by atoms with Crippen LogP contribution in [0.5, 0.6) is 5.75 Å². The zero-order chi connectivity index (χ0) is 15.7. The summed E-state index contributed by atoms with van der Waals surface area (Å²) < 4.78 is 7.22. The lowest BCUT2D eigenvalue weighted by atomic mass is 10.3. The van der Waals surface area contributed by atoms with Crippen molar-refractivity contribution in [2.24, 2.45) is 0 Å². The second-order valence-electron chi connectivity index (χ2n) is 4.62. The van der Waals surface area contributed by atoms with Crippen molar-refractivity contribution >= 4 is 28.8 Å². The molecule has 3 aromatic rings. The standard InChI is InChI=1S/C15H12ClN3O3/c16-10-3-1-2-4-12(10)22-8-13-18-14(15(20)21)11-6-5-9(17)7-19(11)13/h1-7H,8,17H2,(H,20,21). The Morgan fingerprint density at radius 1 is 1.32 bits per heavy atom. The van der Waals surface area contributed by atoms with Gasteiger partial charge in [-0.25, -0.2) is 9.78 Å². The molecule has 0 aliphatic heterocycles. The van der Waals surface area contributed by atoms with Crippen LogP contribution in [0.15, 0.2) is 42.6 Å². The first kappa shape index (κ1) is 14.2. The number of hydrogen-bond donors (Lipinski definition) is 2. The quantitative estimate of drug-likeness (QED) is 0.772. The van der Waals surface area contributed by atoms with Crippen molar-refractivity contribution in [1.82, 2.24) is 9.38 Å². The summed E-state index contributed by atoms with van der Waals surface area (Å²) >= 11 is 6.02. The van der Waals surface area contributed by atoms with Crippen LogP contribution < -0.4 is 10.5 Å². The lowest BCUT2D eigenvalue weighted by Crippen LogP contribution is -2.02. The van der Waals surface area contributed by atoms with Crippen molar-refractivity contribution in [2.45, 2.75) is 6.61 Å². The van der Waals surface area contributed by atoms with E-state index in [1.165, 1.54) is 0 Å². The monoisotopic (exact) mass is 317 g/mol. The van der Waals surface area contributed by atoms with E-state index < -0.39 is 5.97 Å². The largest absolute Gasteiger partial charge is 0.484 e. The highest BCUT2D eigenvalue weighted by atomic mass is 35.5. The Labute approximate surface area is 130 Å². The number of imidazole rings is 1. The molecule has 112 valence electrons. The Morgan fingerprint density at radius 3 is 2.82 bits per heavy atom. The van der Waals surface area contributed by atoms with Crippen LogP contribution in [0.2, 0.25) is 5.02 Å². The van der Waals surface area contributed by atoms with Crippen molar-refractivity contribution in [2.75, 3.05) is 5.73 Å². The number of nitrogens with zero attached hydrogens (tertiary/aromatic N) is 2. The van der Waals surface area contributed by atoms with Gasteiger partial charge in [0.15, 0.2) is 11.5 Å². The normalized spacial score (nSPS) is 10.8. The van der Waals surface area contributed by atoms with Crippen LogP contribution in [0.1, 0.15) is 16.3 Å². The van der Waals surface area contributed by atoms with Gasteiger partial charge in [0.25, 0.3) is 0 Å². The first-order valence-corrected chi connectivity index (χ1v) is 6.81. The minimum atomic E-state index is -1.11. The number of hydrogen-bond acceptors (Lipinski definition) is 4. The molecule has 0 unspecified atom stereocenters. The summed E-state index contributed by atoms with van der Waals surface area (Å²) in [4.78, 5) is 15.4. The molecule has 1 aromatic carbocycles. The second-order valence-corrected chi connectivity index (χ2v) is 5.03. The van der Waals surface area contributed by atoms with E-state index in [0.29, 0.717) is 27.8 Å². The summed E-state index contributed by atoms with van der Waals surface area (Å²) in [5.74, 6) is -0.174. The number of benzene rings is 1. The summed E-state index contributed by atoms with van der Waals surface area (Å²) in [7, 11) is 0. The fraction of sp³-hybridized carbons (Fsp3) is 0.0667. The molecule has 2 aromatic heterocycles. The summed E-state index contributed by atoms with van der Waals surface area (Å²) in [5, 5.41) is 9.70. The van der Waals surface area contributed by atoms with Gasteiger partial charge in [-0.1, -0.05) is 23.7 Å². The first-order chi connectivity index (χ1) is 10.6. The van der Waals surface area contributed by atoms with E-state index in [4.69, 9.17) is 22.1 Å². The molecule has 6 nitrogen and oxygen atoms in total. The number of pyridine rings is 1. The molecule has 0 saturated heterocycles. The van der Waals surface area contributed by atoms with Crippen LogP contribution in [0.3, 0.4) is 0 Å². The maximum atomic E-state index is 11.3. The number of halogens is 1. The van der Waals surface area contributed by atoms with Crippen LogP contribution in [0.4, 0.5) is 5.69 Å². The fourth-order valence-corrected chi connectivity index (χ4v) is 2.32. The van der Waals surface area contributed by atoms with Crippen molar-refractivity contribution in [3.05, 3.63) is 59.1 Å². The molecule has 0 aliphatic carbocycles. The zero-order valence-corrected chi connectivity index (χ0v) is 12.1. The number of carboxylic acids is 1. The molecule has 0 bridgehead atoms. The minimum absolute atomic E-state index is 0.0437. The van der Waals surface area contributed by atoms with Crippen molar-refractivity contribution in [1.29, 1.82) is 0 Å². The summed E-state index contributed by atoms with van der Waals surface area (Å²) in [6, 6.07) is 10.3. The Bertz CT molecular complexity index is 860. The molecular weight excluding hydrogens is 306 g/mol. The van der Waals surface area contributed by atoms with Gasteiger partial charge in [-0.15, -0.1) is 0 Å². The predicted octanol–water partition coefficient (Wildman–Crippen LogP) is 2.85. The fourth-order valence-electron chi connectivity index (χ4n) is 2.13. The van der Waals surface area contributed by atoms with Gasteiger partial charge in [0, 0.05) is 11.9 Å².